The van der Waals surface area contributed by atoms with Crippen LogP contribution in [0.5, 0.6) is 5.75 Å². The molecule has 0 radical (unpaired) electrons. The molecule has 1 aliphatic rings. The maximum Gasteiger partial charge on any atom is 0.211 e. The standard InChI is InChI=1S/C29H39N5O2S/c1-23-21-37-29(33-23)25-12-14-31-28(20-25)30-13-4-2-7-18-36-27-19-24(10-11-26(27)32-22-35)9-8-17-34-15-5-3-6-16-34/h10-12,14,19-22H,2-9,13,15-18H2,1H3,(H,30,31)(H,32,35). The topological polar surface area (TPSA) is 79.4 Å². The molecule has 0 saturated carbocycles. The number of nitrogens with zero attached hydrogens (tertiary/aromatic N) is 3. The number of benzene rings is 1. The van der Waals surface area contributed by atoms with Crippen LogP contribution in [0.1, 0.15) is 56.2 Å². The van der Waals surface area contributed by atoms with Crippen LogP contribution in [0, 0.1) is 6.92 Å². The minimum Gasteiger partial charge on any atom is -0.491 e. The zero-order valence-corrected chi connectivity index (χ0v) is 22.7. The van der Waals surface area contributed by atoms with Crippen LogP contribution in [-0.4, -0.2) is 54.1 Å². The summed E-state index contributed by atoms with van der Waals surface area (Å²) in [6.07, 6.45) is 11.8. The summed E-state index contributed by atoms with van der Waals surface area (Å²) in [6.45, 7) is 7.13. The van der Waals surface area contributed by atoms with Crippen molar-refractivity contribution in [2.45, 2.75) is 58.3 Å². The highest BCUT2D eigenvalue weighted by atomic mass is 32.1. The van der Waals surface area contributed by atoms with Gasteiger partial charge in [-0.15, -0.1) is 11.3 Å². The van der Waals surface area contributed by atoms with E-state index in [0.29, 0.717) is 13.0 Å². The molecule has 0 aliphatic carbocycles. The number of rotatable bonds is 15. The van der Waals surface area contributed by atoms with Crippen LogP contribution in [0.15, 0.2) is 41.9 Å². The summed E-state index contributed by atoms with van der Waals surface area (Å²) in [5.74, 6) is 1.64. The van der Waals surface area contributed by atoms with Crippen molar-refractivity contribution in [2.75, 3.05) is 43.4 Å². The van der Waals surface area contributed by atoms with E-state index in [4.69, 9.17) is 4.74 Å². The monoisotopic (exact) mass is 521 g/mol. The summed E-state index contributed by atoms with van der Waals surface area (Å²) < 4.78 is 6.09. The van der Waals surface area contributed by atoms with Gasteiger partial charge in [0.1, 0.15) is 16.6 Å². The van der Waals surface area contributed by atoms with Crippen LogP contribution in [-0.2, 0) is 11.2 Å². The lowest BCUT2D eigenvalue weighted by atomic mass is 10.1. The fourth-order valence-electron chi connectivity index (χ4n) is 4.66. The van der Waals surface area contributed by atoms with E-state index in [-0.39, 0.29) is 0 Å². The van der Waals surface area contributed by atoms with Crippen LogP contribution in [0.4, 0.5) is 11.5 Å². The SMILES string of the molecule is Cc1csc(-c2ccnc(NCCCCCOc3cc(CCCN4CCCCC4)ccc3NC=O)c2)n1. The third-order valence-corrected chi connectivity index (χ3v) is 7.67. The van der Waals surface area contributed by atoms with E-state index >= 15 is 0 Å². The number of thiazole rings is 1. The van der Waals surface area contributed by atoms with E-state index in [1.807, 2.05) is 25.3 Å². The average Bonchev–Trinajstić information content (AvgIpc) is 3.36. The highest BCUT2D eigenvalue weighted by Crippen LogP contribution is 2.27. The number of ether oxygens (including phenoxy) is 1. The number of nitrogens with one attached hydrogen (secondary N) is 2. The molecule has 1 aliphatic heterocycles. The number of aryl methyl sites for hydroxylation is 2. The summed E-state index contributed by atoms with van der Waals surface area (Å²) >= 11 is 1.65. The first-order valence-corrected chi connectivity index (χ1v) is 14.4. The number of amides is 1. The molecular weight excluding hydrogens is 482 g/mol. The van der Waals surface area contributed by atoms with Gasteiger partial charge in [0.2, 0.25) is 6.41 Å². The molecule has 1 amide bonds. The van der Waals surface area contributed by atoms with Crippen molar-refractivity contribution in [1.29, 1.82) is 0 Å². The molecule has 7 nitrogen and oxygen atoms in total. The molecule has 3 aromatic rings. The summed E-state index contributed by atoms with van der Waals surface area (Å²) in [4.78, 5) is 22.6. The van der Waals surface area contributed by atoms with E-state index in [1.54, 1.807) is 11.3 Å². The fourth-order valence-corrected chi connectivity index (χ4v) is 5.46. The molecular formula is C29H39N5O2S. The Balaban J connectivity index is 1.16. The van der Waals surface area contributed by atoms with Crippen molar-refractivity contribution in [3.8, 4) is 16.3 Å². The van der Waals surface area contributed by atoms with E-state index in [9.17, 15) is 4.79 Å². The average molecular weight is 522 g/mol. The number of carbonyl (C=O) groups excluding carboxylic acids is 1. The van der Waals surface area contributed by atoms with E-state index in [2.05, 4.69) is 49.1 Å². The summed E-state index contributed by atoms with van der Waals surface area (Å²) in [5.41, 5.74) is 4.13. The molecule has 0 atom stereocenters. The lowest BCUT2D eigenvalue weighted by molar-refractivity contribution is -0.105. The highest BCUT2D eigenvalue weighted by Gasteiger charge is 2.10. The van der Waals surface area contributed by atoms with Gasteiger partial charge in [-0.05, 0) is 101 Å². The molecule has 0 spiro atoms. The van der Waals surface area contributed by atoms with Gasteiger partial charge in [0, 0.05) is 29.4 Å². The zero-order chi connectivity index (χ0) is 25.7. The molecule has 4 rings (SSSR count). The molecule has 1 aromatic carbocycles. The third kappa shape index (κ3) is 8.83. The Morgan fingerprint density at radius 3 is 2.78 bits per heavy atom. The number of likely N-dealkylation sites (tertiary alicyclic amines) is 1. The molecule has 8 heteroatoms. The second kappa shape index (κ2) is 14.7. The van der Waals surface area contributed by atoms with Crippen LogP contribution in [0.25, 0.3) is 10.6 Å². The number of aromatic nitrogens is 2. The predicted octanol–water partition coefficient (Wildman–Crippen LogP) is 6.16. The summed E-state index contributed by atoms with van der Waals surface area (Å²) in [5, 5.41) is 9.28. The van der Waals surface area contributed by atoms with Gasteiger partial charge in [0.05, 0.1) is 12.3 Å². The number of carbonyl (C=O) groups is 1. The van der Waals surface area contributed by atoms with Gasteiger partial charge in [-0.25, -0.2) is 9.97 Å². The van der Waals surface area contributed by atoms with Gasteiger partial charge >= 0.3 is 0 Å². The third-order valence-electron chi connectivity index (χ3n) is 6.66. The Bertz CT molecular complexity index is 1110. The maximum atomic E-state index is 11.0. The quantitative estimate of drug-likeness (QED) is 0.184. The minimum atomic E-state index is 0.627. The Morgan fingerprint density at radius 1 is 1.08 bits per heavy atom. The van der Waals surface area contributed by atoms with Gasteiger partial charge in [-0.3, -0.25) is 4.79 Å². The van der Waals surface area contributed by atoms with E-state index < -0.39 is 0 Å². The molecule has 3 heterocycles. The van der Waals surface area contributed by atoms with Crippen LogP contribution < -0.4 is 15.4 Å². The lowest BCUT2D eigenvalue weighted by Gasteiger charge is -2.26. The molecule has 0 bridgehead atoms. The highest BCUT2D eigenvalue weighted by molar-refractivity contribution is 7.13. The number of hydrogen-bond donors (Lipinski definition) is 2. The summed E-state index contributed by atoms with van der Waals surface area (Å²) in [6, 6.07) is 10.2. The number of anilines is 2. The van der Waals surface area contributed by atoms with Crippen molar-refractivity contribution in [2.24, 2.45) is 0 Å². The first-order chi connectivity index (χ1) is 18.2. The first-order valence-electron chi connectivity index (χ1n) is 13.5. The van der Waals surface area contributed by atoms with Crippen molar-refractivity contribution < 1.29 is 9.53 Å². The van der Waals surface area contributed by atoms with Crippen LogP contribution in [0.3, 0.4) is 0 Å². The van der Waals surface area contributed by atoms with Crippen molar-refractivity contribution >= 4 is 29.3 Å². The smallest absolute Gasteiger partial charge is 0.211 e. The number of piperidine rings is 1. The van der Waals surface area contributed by atoms with Crippen LogP contribution in [0.2, 0.25) is 0 Å². The molecule has 198 valence electrons. The van der Waals surface area contributed by atoms with E-state index in [1.165, 1.54) is 37.9 Å². The number of unbranched alkanes of at least 4 members (excludes halogenated alkanes) is 2. The number of hydrogen-bond acceptors (Lipinski definition) is 7. The van der Waals surface area contributed by atoms with E-state index in [0.717, 1.165) is 78.7 Å². The minimum absolute atomic E-state index is 0.627. The van der Waals surface area contributed by atoms with Crippen molar-refractivity contribution in [1.82, 2.24) is 14.9 Å². The molecule has 1 saturated heterocycles. The first kappa shape index (κ1) is 27.1. The Hall–Kier alpha value is -2.97. The van der Waals surface area contributed by atoms with Crippen LogP contribution >= 0.6 is 11.3 Å². The molecule has 2 N–H and O–H groups in total. The molecule has 37 heavy (non-hydrogen) atoms. The molecule has 2 aromatic heterocycles. The fraction of sp³-hybridized carbons (Fsp3) is 0.483. The predicted molar refractivity (Wildman–Crippen MR) is 153 cm³/mol. The van der Waals surface area contributed by atoms with Gasteiger partial charge in [0.25, 0.3) is 0 Å². The Morgan fingerprint density at radius 2 is 1.97 bits per heavy atom. The molecule has 0 unspecified atom stereocenters. The number of pyridine rings is 1. The second-order valence-corrected chi connectivity index (χ2v) is 10.5. The maximum absolute atomic E-state index is 11.0. The Labute approximate surface area is 224 Å². The van der Waals surface area contributed by atoms with Gasteiger partial charge in [-0.2, -0.15) is 0 Å². The molecule has 1 fully saturated rings. The summed E-state index contributed by atoms with van der Waals surface area (Å²) in [7, 11) is 0. The lowest BCUT2D eigenvalue weighted by Crippen LogP contribution is -2.30. The van der Waals surface area contributed by atoms with Gasteiger partial charge in [0.15, 0.2) is 0 Å². The van der Waals surface area contributed by atoms with Crippen molar-refractivity contribution in [3.63, 3.8) is 0 Å². The van der Waals surface area contributed by atoms with Crippen molar-refractivity contribution in [3.05, 3.63) is 53.2 Å². The van der Waals surface area contributed by atoms with Gasteiger partial charge < -0.3 is 20.3 Å². The largest absolute Gasteiger partial charge is 0.491 e. The van der Waals surface area contributed by atoms with Gasteiger partial charge in [-0.1, -0.05) is 12.5 Å². The second-order valence-electron chi connectivity index (χ2n) is 9.66. The normalized spacial score (nSPS) is 13.9. The Kier molecular flexibility index (Phi) is 10.7. The zero-order valence-electron chi connectivity index (χ0n) is 21.9.